The lowest BCUT2D eigenvalue weighted by molar-refractivity contribution is -0.114. The van der Waals surface area contributed by atoms with Crippen LogP contribution in [0.2, 0.25) is 0 Å². The van der Waals surface area contributed by atoms with Crippen molar-refractivity contribution in [3.8, 4) is 5.75 Å². The van der Waals surface area contributed by atoms with E-state index in [2.05, 4.69) is 13.0 Å². The monoisotopic (exact) mass is 345 g/mol. The van der Waals surface area contributed by atoms with Gasteiger partial charge in [-0.3, -0.25) is 4.79 Å². The number of nitrogens with two attached hydrogens (primary N) is 1. The minimum absolute atomic E-state index is 0.175. The van der Waals surface area contributed by atoms with Gasteiger partial charge in [-0.1, -0.05) is 23.8 Å². The SMILES string of the molecule is COc1ccc(C)cc1/C1=C/C(=O)CCCC(=S)C(CCN)CC1. The second-order valence-corrected chi connectivity index (χ2v) is 7.00. The number of benzene rings is 1. The van der Waals surface area contributed by atoms with Crippen LogP contribution in [0.15, 0.2) is 24.3 Å². The summed E-state index contributed by atoms with van der Waals surface area (Å²) in [5.41, 5.74) is 8.99. The van der Waals surface area contributed by atoms with E-state index >= 15 is 0 Å². The standard InChI is InChI=1S/C20H27NO2S/c1-14-6-9-19(23-2)18(12-14)16-8-7-15(10-11-21)20(24)5-3-4-17(22)13-16/h6,9,12-13,15H,3-5,7-8,10-11,21H2,1-2H3/b16-13+. The van der Waals surface area contributed by atoms with Gasteiger partial charge in [-0.15, -0.1) is 0 Å². The topological polar surface area (TPSA) is 52.3 Å². The molecule has 0 saturated carbocycles. The number of hydrogen-bond donors (Lipinski definition) is 1. The van der Waals surface area contributed by atoms with Gasteiger partial charge in [-0.25, -0.2) is 0 Å². The maximum Gasteiger partial charge on any atom is 0.155 e. The van der Waals surface area contributed by atoms with Crippen LogP contribution in [0.25, 0.3) is 5.57 Å². The summed E-state index contributed by atoms with van der Waals surface area (Å²) in [6.07, 6.45) is 6.71. The van der Waals surface area contributed by atoms with Gasteiger partial charge >= 0.3 is 0 Å². The van der Waals surface area contributed by atoms with E-state index in [0.717, 1.165) is 59.4 Å². The zero-order valence-electron chi connectivity index (χ0n) is 14.6. The van der Waals surface area contributed by atoms with Crippen molar-refractivity contribution in [2.75, 3.05) is 13.7 Å². The zero-order valence-corrected chi connectivity index (χ0v) is 15.5. The van der Waals surface area contributed by atoms with Crippen LogP contribution in [0, 0.1) is 12.8 Å². The van der Waals surface area contributed by atoms with E-state index < -0.39 is 0 Å². The molecule has 0 spiro atoms. The first-order chi connectivity index (χ1) is 11.5. The van der Waals surface area contributed by atoms with Gasteiger partial charge in [-0.05, 0) is 80.1 Å². The summed E-state index contributed by atoms with van der Waals surface area (Å²) in [6, 6.07) is 6.09. The molecular formula is C20H27NO2S. The number of carbonyl (C=O) groups excluding carboxylic acids is 1. The number of ketones is 1. The van der Waals surface area contributed by atoms with Gasteiger partial charge in [0.15, 0.2) is 5.78 Å². The first-order valence-electron chi connectivity index (χ1n) is 8.66. The van der Waals surface area contributed by atoms with E-state index in [1.165, 1.54) is 0 Å². The van der Waals surface area contributed by atoms with E-state index in [1.807, 2.05) is 18.2 Å². The molecule has 0 fully saturated rings. The quantitative estimate of drug-likeness (QED) is 0.829. The van der Waals surface area contributed by atoms with E-state index in [4.69, 9.17) is 22.7 Å². The largest absolute Gasteiger partial charge is 0.496 e. The molecule has 3 nitrogen and oxygen atoms in total. The highest BCUT2D eigenvalue weighted by Crippen LogP contribution is 2.33. The molecule has 1 aromatic rings. The van der Waals surface area contributed by atoms with E-state index in [-0.39, 0.29) is 5.78 Å². The molecule has 1 aromatic carbocycles. The lowest BCUT2D eigenvalue weighted by atomic mass is 9.87. The van der Waals surface area contributed by atoms with Crippen LogP contribution < -0.4 is 10.5 Å². The third-order valence-corrected chi connectivity index (χ3v) is 5.15. The van der Waals surface area contributed by atoms with Crippen molar-refractivity contribution in [2.24, 2.45) is 11.7 Å². The fourth-order valence-corrected chi connectivity index (χ4v) is 3.64. The number of methoxy groups -OCH3 is 1. The van der Waals surface area contributed by atoms with Crippen molar-refractivity contribution in [1.82, 2.24) is 0 Å². The molecule has 1 aliphatic rings. The van der Waals surface area contributed by atoms with Crippen molar-refractivity contribution in [2.45, 2.75) is 45.4 Å². The third-order valence-electron chi connectivity index (χ3n) is 4.62. The fraction of sp³-hybridized carbons (Fsp3) is 0.500. The van der Waals surface area contributed by atoms with E-state index in [9.17, 15) is 4.79 Å². The van der Waals surface area contributed by atoms with Crippen molar-refractivity contribution in [3.63, 3.8) is 0 Å². The number of ether oxygens (including phenoxy) is 1. The summed E-state index contributed by atoms with van der Waals surface area (Å²) in [4.78, 5) is 13.4. The van der Waals surface area contributed by atoms with Crippen molar-refractivity contribution in [3.05, 3.63) is 35.4 Å². The zero-order chi connectivity index (χ0) is 17.5. The van der Waals surface area contributed by atoms with Crippen LogP contribution in [-0.2, 0) is 4.79 Å². The molecule has 1 atom stereocenters. The molecule has 0 amide bonds. The lowest BCUT2D eigenvalue weighted by Gasteiger charge is -2.21. The molecule has 0 saturated heterocycles. The molecule has 0 bridgehead atoms. The predicted molar refractivity (Wildman–Crippen MR) is 104 cm³/mol. The molecule has 0 heterocycles. The smallest absolute Gasteiger partial charge is 0.155 e. The van der Waals surface area contributed by atoms with Gasteiger partial charge in [0.1, 0.15) is 5.75 Å². The maximum atomic E-state index is 12.3. The Hall–Kier alpha value is -1.52. The van der Waals surface area contributed by atoms with Gasteiger partial charge in [0.05, 0.1) is 7.11 Å². The molecule has 0 radical (unpaired) electrons. The molecule has 0 aromatic heterocycles. The molecular weight excluding hydrogens is 318 g/mol. The van der Waals surface area contributed by atoms with Crippen molar-refractivity contribution < 1.29 is 9.53 Å². The van der Waals surface area contributed by atoms with Gasteiger partial charge in [-0.2, -0.15) is 0 Å². The molecule has 1 aliphatic carbocycles. The Balaban J connectivity index is 2.36. The van der Waals surface area contributed by atoms with E-state index in [1.54, 1.807) is 7.11 Å². The minimum atomic E-state index is 0.175. The number of rotatable bonds is 4. The Bertz CT molecular complexity index is 637. The first-order valence-corrected chi connectivity index (χ1v) is 9.07. The molecule has 2 N–H and O–H groups in total. The Morgan fingerprint density at radius 2 is 2.08 bits per heavy atom. The number of hydrogen-bond acceptors (Lipinski definition) is 4. The minimum Gasteiger partial charge on any atom is -0.496 e. The number of allylic oxidation sites excluding steroid dienone is 2. The van der Waals surface area contributed by atoms with Gasteiger partial charge in [0.2, 0.25) is 0 Å². The van der Waals surface area contributed by atoms with Crippen LogP contribution in [0.3, 0.4) is 0 Å². The summed E-state index contributed by atoms with van der Waals surface area (Å²) >= 11 is 5.60. The van der Waals surface area contributed by atoms with E-state index in [0.29, 0.717) is 18.9 Å². The third kappa shape index (κ3) is 4.99. The number of aryl methyl sites for hydroxylation is 1. The van der Waals surface area contributed by atoms with Crippen LogP contribution in [0.1, 0.15) is 49.7 Å². The number of carbonyl (C=O) groups is 1. The first kappa shape index (κ1) is 18.8. The van der Waals surface area contributed by atoms with Crippen LogP contribution in [0.5, 0.6) is 5.75 Å². The molecule has 24 heavy (non-hydrogen) atoms. The highest BCUT2D eigenvalue weighted by Gasteiger charge is 2.19. The lowest BCUT2D eigenvalue weighted by Crippen LogP contribution is -2.18. The summed E-state index contributed by atoms with van der Waals surface area (Å²) in [6.45, 7) is 2.70. The highest BCUT2D eigenvalue weighted by molar-refractivity contribution is 7.80. The molecule has 2 rings (SSSR count). The predicted octanol–water partition coefficient (Wildman–Crippen LogP) is 4.26. The van der Waals surface area contributed by atoms with Crippen LogP contribution >= 0.6 is 12.2 Å². The Morgan fingerprint density at radius 1 is 1.29 bits per heavy atom. The van der Waals surface area contributed by atoms with Crippen LogP contribution in [-0.4, -0.2) is 24.3 Å². The Kier molecular flexibility index (Phi) is 7.13. The van der Waals surface area contributed by atoms with Crippen molar-refractivity contribution in [1.29, 1.82) is 0 Å². The second-order valence-electron chi connectivity index (χ2n) is 6.47. The molecule has 0 aliphatic heterocycles. The summed E-state index contributed by atoms with van der Waals surface area (Å²) in [7, 11) is 1.67. The normalized spacial score (nSPS) is 22.0. The Morgan fingerprint density at radius 3 is 2.79 bits per heavy atom. The van der Waals surface area contributed by atoms with Gasteiger partial charge in [0.25, 0.3) is 0 Å². The molecule has 1 unspecified atom stereocenters. The molecule has 130 valence electrons. The summed E-state index contributed by atoms with van der Waals surface area (Å²) < 4.78 is 5.51. The average molecular weight is 346 g/mol. The second kappa shape index (κ2) is 9.09. The maximum absolute atomic E-state index is 12.3. The molecule has 4 heteroatoms. The van der Waals surface area contributed by atoms with Crippen LogP contribution in [0.4, 0.5) is 0 Å². The Labute approximate surface area is 150 Å². The summed E-state index contributed by atoms with van der Waals surface area (Å²) in [5.74, 6) is 1.35. The van der Waals surface area contributed by atoms with Gasteiger partial charge in [0, 0.05) is 12.0 Å². The number of thiocarbonyl (C=S) groups is 1. The van der Waals surface area contributed by atoms with Gasteiger partial charge < -0.3 is 10.5 Å². The van der Waals surface area contributed by atoms with Crippen molar-refractivity contribution >= 4 is 28.4 Å². The summed E-state index contributed by atoms with van der Waals surface area (Å²) in [5, 5.41) is 0. The highest BCUT2D eigenvalue weighted by atomic mass is 32.1. The fourth-order valence-electron chi connectivity index (χ4n) is 3.26. The average Bonchev–Trinajstić information content (AvgIpc) is 2.56.